The fraction of sp³-hybridized carbons (Fsp3) is 0. The summed E-state index contributed by atoms with van der Waals surface area (Å²) < 4.78 is 1.69. The average molecular weight is 279 g/mol. The first kappa shape index (κ1) is 11.5. The van der Waals surface area contributed by atoms with Crippen molar-refractivity contribution in [2.45, 2.75) is 0 Å². The standard InChI is InChI=1S/C13H9N7O/c21-12(11-8-7-15-17-9(8)4-5-14-11)16-13-19-18-10-3-1-2-6-20(10)13/h1-7H,(H,15,17)(H,16,19,21). The zero-order chi connectivity index (χ0) is 14.2. The van der Waals surface area contributed by atoms with Gasteiger partial charge in [-0.3, -0.25) is 24.6 Å². The lowest BCUT2D eigenvalue weighted by Gasteiger charge is -2.03. The van der Waals surface area contributed by atoms with Gasteiger partial charge < -0.3 is 0 Å². The van der Waals surface area contributed by atoms with Crippen molar-refractivity contribution >= 4 is 28.4 Å². The smallest absolute Gasteiger partial charge is 0.277 e. The zero-order valence-corrected chi connectivity index (χ0v) is 10.7. The molecule has 0 spiro atoms. The van der Waals surface area contributed by atoms with Gasteiger partial charge in [0.25, 0.3) is 5.91 Å². The molecule has 8 nitrogen and oxygen atoms in total. The van der Waals surface area contributed by atoms with Crippen LogP contribution in [0, 0.1) is 0 Å². The lowest BCUT2D eigenvalue weighted by Crippen LogP contribution is -2.16. The summed E-state index contributed by atoms with van der Waals surface area (Å²) in [5.41, 5.74) is 1.69. The molecule has 0 fully saturated rings. The molecule has 1 amide bonds. The summed E-state index contributed by atoms with van der Waals surface area (Å²) >= 11 is 0. The minimum atomic E-state index is -0.361. The molecule has 8 heteroatoms. The van der Waals surface area contributed by atoms with Crippen molar-refractivity contribution in [3.8, 4) is 0 Å². The van der Waals surface area contributed by atoms with Crippen LogP contribution in [0.2, 0.25) is 0 Å². The number of fused-ring (bicyclic) bond motifs is 2. The number of hydrogen-bond acceptors (Lipinski definition) is 5. The topological polar surface area (TPSA) is 101 Å². The average Bonchev–Trinajstić information content (AvgIpc) is 3.14. The molecule has 4 aromatic rings. The fourth-order valence-corrected chi connectivity index (χ4v) is 2.14. The second-order valence-corrected chi connectivity index (χ2v) is 4.40. The minimum absolute atomic E-state index is 0.286. The van der Waals surface area contributed by atoms with Crippen molar-refractivity contribution in [2.75, 3.05) is 5.32 Å². The van der Waals surface area contributed by atoms with E-state index < -0.39 is 0 Å². The Morgan fingerprint density at radius 3 is 3.14 bits per heavy atom. The number of amides is 1. The van der Waals surface area contributed by atoms with E-state index in [-0.39, 0.29) is 11.6 Å². The summed E-state index contributed by atoms with van der Waals surface area (Å²) in [4.78, 5) is 16.5. The van der Waals surface area contributed by atoms with E-state index in [4.69, 9.17) is 0 Å². The fourth-order valence-electron chi connectivity index (χ4n) is 2.14. The van der Waals surface area contributed by atoms with E-state index in [0.29, 0.717) is 17.0 Å². The highest BCUT2D eigenvalue weighted by atomic mass is 16.2. The van der Waals surface area contributed by atoms with Gasteiger partial charge in [-0.15, -0.1) is 10.2 Å². The third kappa shape index (κ3) is 1.81. The van der Waals surface area contributed by atoms with E-state index in [2.05, 4.69) is 30.7 Å². The van der Waals surface area contributed by atoms with Crippen molar-refractivity contribution in [2.24, 2.45) is 0 Å². The Balaban J connectivity index is 1.74. The SMILES string of the molecule is O=C(Nc1nnc2ccccn12)c1nccc2[nH]ncc12. The molecule has 4 rings (SSSR count). The number of nitrogens with one attached hydrogen (secondary N) is 2. The lowest BCUT2D eigenvalue weighted by atomic mass is 10.2. The lowest BCUT2D eigenvalue weighted by molar-refractivity contribution is 0.102. The Kier molecular flexibility index (Phi) is 2.40. The maximum absolute atomic E-state index is 12.4. The van der Waals surface area contributed by atoms with E-state index in [1.165, 1.54) is 0 Å². The van der Waals surface area contributed by atoms with Crippen molar-refractivity contribution in [3.63, 3.8) is 0 Å². The molecule has 0 atom stereocenters. The first-order chi connectivity index (χ1) is 10.3. The molecule has 4 aromatic heterocycles. The predicted octanol–water partition coefficient (Wildman–Crippen LogP) is 1.25. The van der Waals surface area contributed by atoms with Crippen LogP contribution < -0.4 is 5.32 Å². The van der Waals surface area contributed by atoms with E-state index in [9.17, 15) is 4.79 Å². The number of aromatic amines is 1. The molecule has 0 aromatic carbocycles. The van der Waals surface area contributed by atoms with Crippen LogP contribution in [0.1, 0.15) is 10.5 Å². The minimum Gasteiger partial charge on any atom is -0.289 e. The highest BCUT2D eigenvalue weighted by molar-refractivity contribution is 6.10. The van der Waals surface area contributed by atoms with Crippen LogP contribution in [0.3, 0.4) is 0 Å². The van der Waals surface area contributed by atoms with Crippen LogP contribution in [-0.2, 0) is 0 Å². The van der Waals surface area contributed by atoms with Gasteiger partial charge in [-0.05, 0) is 18.2 Å². The number of rotatable bonds is 2. The Bertz CT molecular complexity index is 955. The van der Waals surface area contributed by atoms with Crippen LogP contribution in [0.25, 0.3) is 16.6 Å². The molecule has 21 heavy (non-hydrogen) atoms. The van der Waals surface area contributed by atoms with Gasteiger partial charge in [0, 0.05) is 12.4 Å². The molecular formula is C13H9N7O. The van der Waals surface area contributed by atoms with Crippen LogP contribution >= 0.6 is 0 Å². The van der Waals surface area contributed by atoms with Crippen molar-refractivity contribution < 1.29 is 4.79 Å². The van der Waals surface area contributed by atoms with Crippen molar-refractivity contribution in [1.29, 1.82) is 0 Å². The first-order valence-electron chi connectivity index (χ1n) is 6.22. The quantitative estimate of drug-likeness (QED) is 0.575. The second kappa shape index (κ2) is 4.37. The van der Waals surface area contributed by atoms with E-state index in [1.54, 1.807) is 35.1 Å². The third-order valence-corrected chi connectivity index (χ3v) is 3.12. The normalized spacial score (nSPS) is 11.0. The molecule has 4 heterocycles. The zero-order valence-electron chi connectivity index (χ0n) is 10.7. The van der Waals surface area contributed by atoms with Gasteiger partial charge in [-0.25, -0.2) is 0 Å². The Hall–Kier alpha value is -3.29. The number of H-pyrrole nitrogens is 1. The molecule has 0 aliphatic rings. The van der Waals surface area contributed by atoms with Gasteiger partial charge in [-0.1, -0.05) is 6.07 Å². The Morgan fingerprint density at radius 2 is 2.19 bits per heavy atom. The monoisotopic (exact) mass is 279 g/mol. The van der Waals surface area contributed by atoms with Crippen LogP contribution in [0.4, 0.5) is 5.95 Å². The maximum Gasteiger partial charge on any atom is 0.277 e. The summed E-state index contributed by atoms with van der Waals surface area (Å²) in [5.74, 6) is -0.0157. The van der Waals surface area contributed by atoms with Crippen LogP contribution in [-0.4, -0.2) is 35.7 Å². The number of anilines is 1. The first-order valence-corrected chi connectivity index (χ1v) is 6.22. The van der Waals surface area contributed by atoms with Gasteiger partial charge in [0.05, 0.1) is 17.1 Å². The number of aromatic nitrogens is 6. The molecule has 0 aliphatic carbocycles. The largest absolute Gasteiger partial charge is 0.289 e. The van der Waals surface area contributed by atoms with Crippen LogP contribution in [0.15, 0.2) is 42.9 Å². The molecular weight excluding hydrogens is 270 g/mol. The number of pyridine rings is 2. The number of nitrogens with zero attached hydrogens (tertiary/aromatic N) is 5. The summed E-state index contributed by atoms with van der Waals surface area (Å²) in [6.07, 6.45) is 4.90. The van der Waals surface area contributed by atoms with Gasteiger partial charge in [0.2, 0.25) is 5.95 Å². The Labute approximate surface area is 117 Å². The van der Waals surface area contributed by atoms with Crippen LogP contribution in [0.5, 0.6) is 0 Å². The molecule has 0 saturated heterocycles. The molecule has 0 saturated carbocycles. The van der Waals surface area contributed by atoms with Crippen molar-refractivity contribution in [3.05, 3.63) is 48.5 Å². The number of carbonyl (C=O) groups excluding carboxylic acids is 1. The van der Waals surface area contributed by atoms with E-state index in [0.717, 1.165) is 5.52 Å². The molecule has 0 unspecified atom stereocenters. The summed E-state index contributed by atoms with van der Waals surface area (Å²) in [6, 6.07) is 7.24. The van der Waals surface area contributed by atoms with Crippen molar-refractivity contribution in [1.82, 2.24) is 29.8 Å². The van der Waals surface area contributed by atoms with Gasteiger partial charge in [0.15, 0.2) is 5.65 Å². The Morgan fingerprint density at radius 1 is 1.24 bits per heavy atom. The number of hydrogen-bond donors (Lipinski definition) is 2. The highest BCUT2D eigenvalue weighted by Gasteiger charge is 2.15. The van der Waals surface area contributed by atoms with E-state index in [1.807, 2.05) is 12.1 Å². The van der Waals surface area contributed by atoms with Gasteiger partial charge in [0.1, 0.15) is 5.69 Å². The molecule has 2 N–H and O–H groups in total. The predicted molar refractivity (Wildman–Crippen MR) is 74.8 cm³/mol. The molecule has 102 valence electrons. The molecule has 0 radical (unpaired) electrons. The number of carbonyl (C=O) groups is 1. The highest BCUT2D eigenvalue weighted by Crippen LogP contribution is 2.15. The van der Waals surface area contributed by atoms with Gasteiger partial charge >= 0.3 is 0 Å². The molecule has 0 bridgehead atoms. The van der Waals surface area contributed by atoms with Gasteiger partial charge in [-0.2, -0.15) is 5.10 Å². The van der Waals surface area contributed by atoms with E-state index >= 15 is 0 Å². The third-order valence-electron chi connectivity index (χ3n) is 3.12. The summed E-state index contributed by atoms with van der Waals surface area (Å²) in [6.45, 7) is 0. The summed E-state index contributed by atoms with van der Waals surface area (Å²) in [5, 5.41) is 18.0. The molecule has 0 aliphatic heterocycles. The second-order valence-electron chi connectivity index (χ2n) is 4.40. The summed E-state index contributed by atoms with van der Waals surface area (Å²) in [7, 11) is 0. The maximum atomic E-state index is 12.4.